The third-order valence-corrected chi connectivity index (χ3v) is 15.1. The summed E-state index contributed by atoms with van der Waals surface area (Å²) in [5.74, 6) is 2.91. The Labute approximate surface area is 362 Å². The fourth-order valence-corrected chi connectivity index (χ4v) is 10.6. The second-order valence-corrected chi connectivity index (χ2v) is 19.3. The zero-order valence-corrected chi connectivity index (χ0v) is 36.4. The molecule has 1 aromatic carbocycles. The predicted octanol–water partition coefficient (Wildman–Crippen LogP) is 5.38. The Hall–Kier alpha value is -4.18. The standard InChI is InChI=1S/C44H60ClN11O3S/c1-44(47)14-19-55(20-15-44)37-27-50-42(40(46)51-37)60-35-4-2-3-34(39(35)45)49-26-29-5-7-31(8-6-29)43(59)56-23-21-53(22-24-56)28-30-12-17-54(18-13-30)36-25-32(11-16-48-36)33-9-10-38(57)52-41(33)58/h2-4,11,16,25,27,29-31,33,49H,5-10,12-15,17-24,26,28,47H2,1H3,(H2,46,51)(H,52,57,58). The molecule has 14 nitrogen and oxygen atoms in total. The van der Waals surface area contributed by atoms with Gasteiger partial charge in [0.05, 0.1) is 22.8 Å². The Bertz CT molecular complexity index is 2000. The summed E-state index contributed by atoms with van der Waals surface area (Å²) in [6.07, 6.45) is 12.4. The summed E-state index contributed by atoms with van der Waals surface area (Å²) in [6, 6.07) is 9.90. The molecule has 6 N–H and O–H groups in total. The van der Waals surface area contributed by atoms with Crippen molar-refractivity contribution in [2.75, 3.05) is 86.3 Å². The first-order valence-corrected chi connectivity index (χ1v) is 23.1. The second kappa shape index (κ2) is 18.8. The van der Waals surface area contributed by atoms with Gasteiger partial charge in [-0.2, -0.15) is 0 Å². The Morgan fingerprint density at radius 2 is 1.65 bits per heavy atom. The summed E-state index contributed by atoms with van der Waals surface area (Å²) in [4.78, 5) is 61.7. The molecular weight excluding hydrogens is 798 g/mol. The minimum Gasteiger partial charge on any atom is -0.384 e. The number of nitrogens with one attached hydrogen (secondary N) is 2. The zero-order valence-electron chi connectivity index (χ0n) is 34.8. The number of hydrogen-bond acceptors (Lipinski definition) is 13. The molecule has 3 aromatic rings. The number of hydrogen-bond donors (Lipinski definition) is 4. The van der Waals surface area contributed by atoms with Gasteiger partial charge in [-0.15, -0.1) is 0 Å². The van der Waals surface area contributed by atoms with Gasteiger partial charge in [-0.25, -0.2) is 15.0 Å². The number of piperidine rings is 3. The van der Waals surface area contributed by atoms with Crippen LogP contribution >= 0.6 is 23.4 Å². The Balaban J connectivity index is 0.735. The Morgan fingerprint density at radius 3 is 2.37 bits per heavy atom. The molecule has 8 rings (SSSR count). The number of pyridine rings is 1. The van der Waals surface area contributed by atoms with Crippen LogP contribution in [0.15, 0.2) is 52.6 Å². The number of nitrogens with zero attached hydrogens (tertiary/aromatic N) is 7. The molecule has 1 atom stereocenters. The molecule has 4 aliphatic heterocycles. The van der Waals surface area contributed by atoms with Gasteiger partial charge in [-0.3, -0.25) is 24.6 Å². The molecule has 5 fully saturated rings. The first-order chi connectivity index (χ1) is 29.0. The number of amides is 3. The van der Waals surface area contributed by atoms with E-state index in [-0.39, 0.29) is 29.2 Å². The highest BCUT2D eigenvalue weighted by Crippen LogP contribution is 2.40. The fraction of sp³-hybridized carbons (Fsp3) is 0.591. The van der Waals surface area contributed by atoms with Crippen LogP contribution in [0, 0.1) is 17.8 Å². The minimum absolute atomic E-state index is 0.108. The fourth-order valence-electron chi connectivity index (χ4n) is 9.51. The number of nitrogens with two attached hydrogens (primary N) is 2. The largest absolute Gasteiger partial charge is 0.384 e. The van der Waals surface area contributed by atoms with Gasteiger partial charge in [0.25, 0.3) is 0 Å². The summed E-state index contributed by atoms with van der Waals surface area (Å²) in [5.41, 5.74) is 14.4. The minimum atomic E-state index is -0.298. The van der Waals surface area contributed by atoms with Crippen LogP contribution in [-0.2, 0) is 14.4 Å². The molecule has 1 unspecified atom stereocenters. The van der Waals surface area contributed by atoms with Crippen molar-refractivity contribution in [3.63, 3.8) is 0 Å². The number of aromatic nitrogens is 3. The molecule has 322 valence electrons. The Kier molecular flexibility index (Phi) is 13.3. The summed E-state index contributed by atoms with van der Waals surface area (Å²) in [5, 5.41) is 7.34. The van der Waals surface area contributed by atoms with E-state index in [0.29, 0.717) is 46.5 Å². The van der Waals surface area contributed by atoms with Gasteiger partial charge < -0.3 is 31.5 Å². The maximum atomic E-state index is 13.6. The lowest BCUT2D eigenvalue weighted by atomic mass is 9.81. The number of nitrogen functional groups attached to an aromatic ring is 1. The maximum Gasteiger partial charge on any atom is 0.234 e. The average Bonchev–Trinajstić information content (AvgIpc) is 3.25. The summed E-state index contributed by atoms with van der Waals surface area (Å²) in [6.45, 7) is 11.0. The van der Waals surface area contributed by atoms with Crippen molar-refractivity contribution in [2.45, 2.75) is 92.5 Å². The van der Waals surface area contributed by atoms with E-state index in [1.165, 1.54) is 11.8 Å². The van der Waals surface area contributed by atoms with Crippen LogP contribution in [0.5, 0.6) is 0 Å². The van der Waals surface area contributed by atoms with E-state index in [0.717, 1.165) is 145 Å². The molecule has 3 amide bonds. The summed E-state index contributed by atoms with van der Waals surface area (Å²) < 4.78 is 0. The first kappa shape index (κ1) is 42.5. The molecule has 0 radical (unpaired) electrons. The Morgan fingerprint density at radius 1 is 0.917 bits per heavy atom. The van der Waals surface area contributed by atoms with Crippen LogP contribution in [0.1, 0.15) is 82.6 Å². The van der Waals surface area contributed by atoms with Crippen molar-refractivity contribution in [1.82, 2.24) is 30.1 Å². The molecule has 0 bridgehead atoms. The van der Waals surface area contributed by atoms with E-state index < -0.39 is 0 Å². The summed E-state index contributed by atoms with van der Waals surface area (Å²) >= 11 is 8.35. The lowest BCUT2D eigenvalue weighted by Crippen LogP contribution is -2.52. The number of piperazine rings is 1. The van der Waals surface area contributed by atoms with Crippen LogP contribution in [-0.4, -0.2) is 113 Å². The van der Waals surface area contributed by atoms with Gasteiger partial charge in [0.1, 0.15) is 16.7 Å². The van der Waals surface area contributed by atoms with E-state index in [4.69, 9.17) is 23.1 Å². The molecule has 2 aromatic heterocycles. The third kappa shape index (κ3) is 10.3. The van der Waals surface area contributed by atoms with Gasteiger partial charge in [-0.1, -0.05) is 29.4 Å². The van der Waals surface area contributed by atoms with Gasteiger partial charge in [0.15, 0.2) is 5.82 Å². The molecule has 0 spiro atoms. The smallest absolute Gasteiger partial charge is 0.234 e. The van der Waals surface area contributed by atoms with Crippen LogP contribution < -0.4 is 31.9 Å². The van der Waals surface area contributed by atoms with Gasteiger partial charge in [-0.05, 0) is 106 Å². The quantitative estimate of drug-likeness (QED) is 0.181. The molecular formula is C44H60ClN11O3S. The van der Waals surface area contributed by atoms with Gasteiger partial charge in [0.2, 0.25) is 17.7 Å². The van der Waals surface area contributed by atoms with Crippen molar-refractivity contribution < 1.29 is 14.4 Å². The van der Waals surface area contributed by atoms with Crippen molar-refractivity contribution >= 4 is 64.2 Å². The molecule has 6 heterocycles. The average molecular weight is 859 g/mol. The zero-order chi connectivity index (χ0) is 41.8. The van der Waals surface area contributed by atoms with E-state index in [1.807, 2.05) is 30.3 Å². The van der Waals surface area contributed by atoms with E-state index in [9.17, 15) is 14.4 Å². The van der Waals surface area contributed by atoms with E-state index in [1.54, 1.807) is 12.4 Å². The molecule has 1 saturated carbocycles. The van der Waals surface area contributed by atoms with E-state index in [2.05, 4.69) is 52.1 Å². The lowest BCUT2D eigenvalue weighted by molar-refractivity contribution is -0.139. The number of benzene rings is 1. The predicted molar refractivity (Wildman–Crippen MR) is 237 cm³/mol. The topological polar surface area (TPSA) is 179 Å². The van der Waals surface area contributed by atoms with Crippen molar-refractivity contribution in [2.24, 2.45) is 23.5 Å². The van der Waals surface area contributed by atoms with Gasteiger partial charge >= 0.3 is 0 Å². The lowest BCUT2D eigenvalue weighted by Gasteiger charge is -2.40. The highest BCUT2D eigenvalue weighted by molar-refractivity contribution is 7.99. The molecule has 1 aliphatic carbocycles. The summed E-state index contributed by atoms with van der Waals surface area (Å²) in [7, 11) is 0. The number of rotatable bonds is 11. The van der Waals surface area contributed by atoms with Crippen LogP contribution in [0.25, 0.3) is 0 Å². The van der Waals surface area contributed by atoms with Crippen molar-refractivity contribution in [3.8, 4) is 0 Å². The first-order valence-electron chi connectivity index (χ1n) is 21.9. The van der Waals surface area contributed by atoms with Crippen LogP contribution in [0.3, 0.4) is 0 Å². The highest BCUT2D eigenvalue weighted by atomic mass is 35.5. The molecule has 60 heavy (non-hydrogen) atoms. The van der Waals surface area contributed by atoms with Crippen molar-refractivity contribution in [3.05, 3.63) is 53.3 Å². The van der Waals surface area contributed by atoms with Gasteiger partial charge in [0, 0.05) is 94.4 Å². The number of anilines is 4. The SMILES string of the molecule is CC1(N)CCN(c2cnc(Sc3cccc(NCC4CCC(C(=O)N5CCN(CC6CCN(c7cc(C8CCC(=O)NC8=O)ccn7)CC6)CC5)CC4)c3Cl)c(N)n2)CC1. The van der Waals surface area contributed by atoms with Crippen LogP contribution in [0.4, 0.5) is 23.1 Å². The maximum absolute atomic E-state index is 13.6. The van der Waals surface area contributed by atoms with Crippen molar-refractivity contribution in [1.29, 1.82) is 0 Å². The second-order valence-electron chi connectivity index (χ2n) is 17.9. The number of carbonyl (C=O) groups is 3. The van der Waals surface area contributed by atoms with Crippen LogP contribution in [0.2, 0.25) is 5.02 Å². The molecule has 5 aliphatic rings. The van der Waals surface area contributed by atoms with E-state index >= 15 is 0 Å². The number of carbonyl (C=O) groups excluding carboxylic acids is 3. The third-order valence-electron chi connectivity index (χ3n) is 13.5. The number of halogens is 1. The highest BCUT2D eigenvalue weighted by Gasteiger charge is 2.33. The normalized spacial score (nSPS) is 24.3. The molecule has 16 heteroatoms. The monoisotopic (exact) mass is 857 g/mol. The molecule has 4 saturated heterocycles. The number of imide groups is 1.